The summed E-state index contributed by atoms with van der Waals surface area (Å²) in [6.07, 6.45) is -2.99. The van der Waals surface area contributed by atoms with Crippen molar-refractivity contribution in [2.75, 3.05) is 19.6 Å². The number of carbonyl (C=O) groups is 1. The number of alkyl halides is 3. The fourth-order valence-electron chi connectivity index (χ4n) is 3.04. The summed E-state index contributed by atoms with van der Waals surface area (Å²) in [7, 11) is 0. The third kappa shape index (κ3) is 3.86. The third-order valence-corrected chi connectivity index (χ3v) is 4.45. The Morgan fingerprint density at radius 1 is 1.31 bits per heavy atom. The molecule has 1 unspecified atom stereocenters. The molecule has 1 saturated heterocycles. The van der Waals surface area contributed by atoms with Gasteiger partial charge in [-0.2, -0.15) is 18.3 Å². The van der Waals surface area contributed by atoms with Crippen molar-refractivity contribution in [2.45, 2.75) is 19.5 Å². The highest BCUT2D eigenvalue weighted by molar-refractivity contribution is 5.95. The van der Waals surface area contributed by atoms with E-state index in [1.807, 2.05) is 6.92 Å². The van der Waals surface area contributed by atoms with E-state index < -0.39 is 23.3 Å². The van der Waals surface area contributed by atoms with Gasteiger partial charge in [0.15, 0.2) is 5.69 Å². The zero-order chi connectivity index (χ0) is 18.2. The van der Waals surface area contributed by atoms with Crippen LogP contribution in [-0.2, 0) is 6.18 Å². The van der Waals surface area contributed by atoms with Crippen molar-refractivity contribution in [3.8, 4) is 5.69 Å². The molecule has 0 bridgehead atoms. The molecule has 3 rings (SSSR count). The number of amides is 1. The second kappa shape index (κ2) is 7.67. The van der Waals surface area contributed by atoms with Crippen molar-refractivity contribution in [3.05, 3.63) is 47.3 Å². The topological polar surface area (TPSA) is 64.2 Å². The predicted octanol–water partition coefficient (Wildman–Crippen LogP) is 3.04. The molecule has 1 atom stereocenters. The van der Waals surface area contributed by atoms with Gasteiger partial charge in [-0.05, 0) is 37.9 Å². The van der Waals surface area contributed by atoms with Crippen LogP contribution in [0.25, 0.3) is 5.69 Å². The zero-order valence-electron chi connectivity index (χ0n) is 14.2. The van der Waals surface area contributed by atoms with Crippen LogP contribution in [0.4, 0.5) is 13.2 Å². The molecule has 5 nitrogen and oxygen atoms in total. The maximum Gasteiger partial charge on any atom is 0.434 e. The molecular weight excluding hydrogens is 369 g/mol. The number of halogens is 4. The summed E-state index contributed by atoms with van der Waals surface area (Å²) < 4.78 is 41.7. The lowest BCUT2D eigenvalue weighted by molar-refractivity contribution is -0.143. The first-order valence-corrected chi connectivity index (χ1v) is 8.03. The van der Waals surface area contributed by atoms with Gasteiger partial charge in [0, 0.05) is 13.1 Å². The largest absolute Gasteiger partial charge is 0.434 e. The second-order valence-corrected chi connectivity index (χ2v) is 6.29. The Hall–Kier alpha value is -2.06. The van der Waals surface area contributed by atoms with Crippen LogP contribution in [-0.4, -0.2) is 40.2 Å². The van der Waals surface area contributed by atoms with Gasteiger partial charge in [0.1, 0.15) is 0 Å². The smallest absolute Gasteiger partial charge is 0.338 e. The van der Waals surface area contributed by atoms with Gasteiger partial charge in [-0.3, -0.25) is 4.79 Å². The predicted molar refractivity (Wildman–Crippen MR) is 93.6 cm³/mol. The molecule has 1 aliphatic rings. The lowest BCUT2D eigenvalue weighted by atomic mass is 10.1. The molecular formula is C17H20ClF3N4O. The van der Waals surface area contributed by atoms with Crippen molar-refractivity contribution in [3.63, 3.8) is 0 Å². The molecule has 142 valence electrons. The number of nitrogens with zero attached hydrogens (tertiary/aromatic N) is 3. The first-order valence-electron chi connectivity index (χ1n) is 8.03. The van der Waals surface area contributed by atoms with E-state index in [9.17, 15) is 18.0 Å². The molecule has 1 fully saturated rings. The van der Waals surface area contributed by atoms with Gasteiger partial charge in [-0.25, -0.2) is 4.68 Å². The monoisotopic (exact) mass is 388 g/mol. The van der Waals surface area contributed by atoms with Gasteiger partial charge in [-0.1, -0.05) is 17.7 Å². The summed E-state index contributed by atoms with van der Waals surface area (Å²) in [4.78, 5) is 14.0. The molecule has 0 spiro atoms. The number of carbonyl (C=O) groups excluding carboxylic acids is 1. The number of aromatic nitrogens is 2. The number of rotatable bonds is 3. The third-order valence-electron chi connectivity index (χ3n) is 4.45. The molecule has 2 heterocycles. The Balaban J connectivity index is 0.00000243. The van der Waals surface area contributed by atoms with Crippen LogP contribution >= 0.6 is 12.4 Å². The van der Waals surface area contributed by atoms with E-state index in [0.717, 1.165) is 16.4 Å². The molecule has 2 aromatic rings. The summed E-state index contributed by atoms with van der Waals surface area (Å²) in [5, 5.41) is 3.84. The van der Waals surface area contributed by atoms with Gasteiger partial charge in [0.2, 0.25) is 0 Å². The van der Waals surface area contributed by atoms with Crippen molar-refractivity contribution >= 4 is 18.3 Å². The minimum atomic E-state index is -4.70. The first kappa shape index (κ1) is 20.3. The molecule has 0 saturated carbocycles. The quantitative estimate of drug-likeness (QED) is 0.879. The number of hydrogen-bond acceptors (Lipinski definition) is 3. The summed E-state index contributed by atoms with van der Waals surface area (Å²) >= 11 is 0. The molecule has 26 heavy (non-hydrogen) atoms. The van der Waals surface area contributed by atoms with Crippen LogP contribution in [0.1, 0.15) is 28.0 Å². The molecule has 1 aliphatic heterocycles. The maximum atomic E-state index is 13.6. The van der Waals surface area contributed by atoms with Crippen LogP contribution in [0, 0.1) is 12.8 Å². The first-order chi connectivity index (χ1) is 11.8. The van der Waals surface area contributed by atoms with Gasteiger partial charge < -0.3 is 10.6 Å². The van der Waals surface area contributed by atoms with Gasteiger partial charge in [0.25, 0.3) is 5.91 Å². The van der Waals surface area contributed by atoms with E-state index in [0.29, 0.717) is 26.1 Å². The Morgan fingerprint density at radius 3 is 2.50 bits per heavy atom. The minimum absolute atomic E-state index is 0. The number of nitrogens with two attached hydrogens (primary N) is 1. The lowest BCUT2D eigenvalue weighted by Gasteiger charge is -2.18. The molecule has 1 amide bonds. The standard InChI is InChI=1S/C17H19F3N4O.ClH/c1-11-2-4-13(5-3-11)24-15(17(18,19)20)14(9-22-24)16(25)23-7-6-12(8-21)10-23;/h2-5,9,12H,6-8,10,21H2,1H3;1H. The van der Waals surface area contributed by atoms with E-state index in [2.05, 4.69) is 5.10 Å². The highest BCUT2D eigenvalue weighted by Gasteiger charge is 2.42. The number of aryl methyl sites for hydroxylation is 1. The normalized spacial score (nSPS) is 17.3. The Kier molecular flexibility index (Phi) is 5.98. The van der Waals surface area contributed by atoms with E-state index in [1.54, 1.807) is 24.3 Å². The Morgan fingerprint density at radius 2 is 1.96 bits per heavy atom. The lowest BCUT2D eigenvalue weighted by Crippen LogP contribution is -2.31. The molecule has 2 N–H and O–H groups in total. The highest BCUT2D eigenvalue weighted by atomic mass is 35.5. The van der Waals surface area contributed by atoms with Crippen molar-refractivity contribution in [1.29, 1.82) is 0 Å². The van der Waals surface area contributed by atoms with E-state index in [1.165, 1.54) is 4.90 Å². The van der Waals surface area contributed by atoms with E-state index in [4.69, 9.17) is 5.73 Å². The van der Waals surface area contributed by atoms with Crippen LogP contribution in [0.2, 0.25) is 0 Å². The van der Waals surface area contributed by atoms with Crippen molar-refractivity contribution in [1.82, 2.24) is 14.7 Å². The number of benzene rings is 1. The maximum absolute atomic E-state index is 13.6. The van der Waals surface area contributed by atoms with Gasteiger partial charge in [-0.15, -0.1) is 12.4 Å². The van der Waals surface area contributed by atoms with Gasteiger partial charge >= 0.3 is 6.18 Å². The Labute approximate surface area is 155 Å². The molecule has 1 aromatic carbocycles. The molecule has 0 aliphatic carbocycles. The summed E-state index contributed by atoms with van der Waals surface area (Å²) in [5.41, 5.74) is 5.31. The SMILES string of the molecule is Cc1ccc(-n2ncc(C(=O)N3CCC(CN)C3)c2C(F)(F)F)cc1.Cl. The molecule has 0 radical (unpaired) electrons. The summed E-state index contributed by atoms with van der Waals surface area (Å²) in [6, 6.07) is 6.49. The average Bonchev–Trinajstić information content (AvgIpc) is 3.21. The van der Waals surface area contributed by atoms with Crippen molar-refractivity contribution < 1.29 is 18.0 Å². The fourth-order valence-corrected chi connectivity index (χ4v) is 3.04. The minimum Gasteiger partial charge on any atom is -0.338 e. The molecule has 9 heteroatoms. The van der Waals surface area contributed by atoms with Crippen molar-refractivity contribution in [2.24, 2.45) is 11.7 Å². The fraction of sp³-hybridized carbons (Fsp3) is 0.412. The van der Waals surface area contributed by atoms with Crippen LogP contribution < -0.4 is 5.73 Å². The van der Waals surface area contributed by atoms with Crippen LogP contribution in [0.15, 0.2) is 30.5 Å². The molecule has 1 aromatic heterocycles. The highest BCUT2D eigenvalue weighted by Crippen LogP contribution is 2.34. The Bertz CT molecular complexity index is 773. The van der Waals surface area contributed by atoms with Crippen LogP contribution in [0.5, 0.6) is 0 Å². The number of likely N-dealkylation sites (tertiary alicyclic amines) is 1. The zero-order valence-corrected chi connectivity index (χ0v) is 15.0. The second-order valence-electron chi connectivity index (χ2n) is 6.29. The average molecular weight is 389 g/mol. The summed E-state index contributed by atoms with van der Waals surface area (Å²) in [5.74, 6) is -0.521. The van der Waals surface area contributed by atoms with Crippen LogP contribution in [0.3, 0.4) is 0 Å². The van der Waals surface area contributed by atoms with E-state index >= 15 is 0 Å². The van der Waals surface area contributed by atoms with E-state index in [-0.39, 0.29) is 24.0 Å². The number of hydrogen-bond donors (Lipinski definition) is 1. The summed E-state index contributed by atoms with van der Waals surface area (Å²) in [6.45, 7) is 3.04. The van der Waals surface area contributed by atoms with Gasteiger partial charge in [0.05, 0.1) is 17.4 Å².